The summed E-state index contributed by atoms with van der Waals surface area (Å²) >= 11 is 3.86. The summed E-state index contributed by atoms with van der Waals surface area (Å²) in [6.07, 6.45) is 5.89. The number of fused-ring (bicyclic) bond motifs is 9. The van der Waals surface area contributed by atoms with Gasteiger partial charge in [-0.05, 0) is 151 Å². The molecule has 1 aliphatic carbocycles. The summed E-state index contributed by atoms with van der Waals surface area (Å²) in [7, 11) is 0. The van der Waals surface area contributed by atoms with E-state index in [0.29, 0.717) is 0 Å². The largest absolute Gasteiger partial charge is 0.310 e. The molecule has 0 radical (unpaired) electrons. The molecule has 67 heavy (non-hydrogen) atoms. The number of rotatable bonds is 8. The summed E-state index contributed by atoms with van der Waals surface area (Å²) < 4.78 is 5.12. The quantitative estimate of drug-likeness (QED) is 0.151. The highest BCUT2D eigenvalue weighted by Gasteiger charge is 2.40. The van der Waals surface area contributed by atoms with Crippen LogP contribution in [-0.4, -0.2) is 9.31 Å². The van der Waals surface area contributed by atoms with Gasteiger partial charge >= 0.3 is 0 Å². The van der Waals surface area contributed by atoms with Gasteiger partial charge in [-0.25, -0.2) is 0 Å². The first-order valence-electron chi connectivity index (χ1n) is 23.0. The number of hydrogen-bond donors (Lipinski definition) is 0. The molecule has 0 saturated carbocycles. The smallest absolute Gasteiger partial charge is 0.0547 e. The van der Waals surface area contributed by atoms with Crippen LogP contribution in [0.1, 0.15) is 24.5 Å². The fourth-order valence-electron chi connectivity index (χ4n) is 10.6. The summed E-state index contributed by atoms with van der Waals surface area (Å²) in [4.78, 5) is 6.18. The van der Waals surface area contributed by atoms with Gasteiger partial charge in [0.1, 0.15) is 0 Å². The average molecular weight is 896 g/mol. The molecule has 0 N–H and O–H groups in total. The standard InChI is InChI=1S/C62H45N3S2/c1-41-34-49(63(44-17-5-3-6-18-44)45-19-7-4-8-20-45)38-50(35-41)64(47-29-31-60-55(39-47)53-23-10-13-26-59(53)66-60)46-21-15-16-42(36-46)43-28-30-52-51-22-9-12-25-57(51)65(58(52)37-43)48-32-33-62(2)56(40-48)54-24-11-14-27-61(54)67-62/h3-32,34-40H,33H2,1-2H3/t62-/m0/s1. The van der Waals surface area contributed by atoms with Crippen molar-refractivity contribution in [3.8, 4) is 11.1 Å². The molecule has 5 heteroatoms. The zero-order chi connectivity index (χ0) is 44.6. The first kappa shape index (κ1) is 39.8. The van der Waals surface area contributed by atoms with Crippen molar-refractivity contribution >= 4 is 110 Å². The van der Waals surface area contributed by atoms with Crippen LogP contribution in [0.15, 0.2) is 229 Å². The van der Waals surface area contributed by atoms with Crippen molar-refractivity contribution in [2.24, 2.45) is 0 Å². The molecule has 2 aromatic heterocycles. The Kier molecular flexibility index (Phi) is 9.38. The summed E-state index contributed by atoms with van der Waals surface area (Å²) in [5.41, 5.74) is 16.6. The fraction of sp³-hybridized carbons (Fsp3) is 0.0645. The van der Waals surface area contributed by atoms with Crippen molar-refractivity contribution in [3.05, 3.63) is 236 Å². The number of thiophene rings is 1. The fourth-order valence-corrected chi connectivity index (χ4v) is 13.0. The summed E-state index contributed by atoms with van der Waals surface area (Å²) in [6.45, 7) is 4.61. The normalized spacial score (nSPS) is 15.4. The summed E-state index contributed by atoms with van der Waals surface area (Å²) in [5, 5.41) is 5.09. The molecule has 0 saturated heterocycles. The predicted octanol–water partition coefficient (Wildman–Crippen LogP) is 18.3. The third-order valence-corrected chi connectivity index (χ3v) is 16.2. The molecule has 320 valence electrons. The lowest BCUT2D eigenvalue weighted by Crippen LogP contribution is -2.20. The molecule has 0 fully saturated rings. The Balaban J connectivity index is 0.978. The van der Waals surface area contributed by atoms with Crippen LogP contribution in [0.3, 0.4) is 0 Å². The molecule has 0 spiro atoms. The molecule has 3 nitrogen and oxygen atoms in total. The van der Waals surface area contributed by atoms with Crippen molar-refractivity contribution in [2.45, 2.75) is 29.9 Å². The second kappa shape index (κ2) is 15.8. The van der Waals surface area contributed by atoms with Crippen molar-refractivity contribution in [1.82, 2.24) is 4.57 Å². The zero-order valence-electron chi connectivity index (χ0n) is 37.2. The SMILES string of the molecule is Cc1cc(N(c2ccccc2)c2ccccc2)cc(N(c2cccc(-c3ccc4c5ccccc5n(C5=CC[C@]6(C)Sc7ccccc7C6=C5)c4c3)c2)c2ccc3sc4ccccc4c3c2)c1. The molecule has 3 heterocycles. The van der Waals surface area contributed by atoms with E-state index < -0.39 is 0 Å². The van der Waals surface area contributed by atoms with Crippen molar-refractivity contribution in [2.75, 3.05) is 9.80 Å². The van der Waals surface area contributed by atoms with Crippen LogP contribution in [0.25, 0.3) is 64.4 Å². The second-order valence-corrected chi connectivity index (χ2v) is 20.6. The molecule has 0 bridgehead atoms. The van der Waals surface area contributed by atoms with Gasteiger partial charge in [0.25, 0.3) is 0 Å². The van der Waals surface area contributed by atoms with Crippen LogP contribution in [0, 0.1) is 6.92 Å². The van der Waals surface area contributed by atoms with Crippen LogP contribution in [0.4, 0.5) is 34.1 Å². The molecule has 0 unspecified atom stereocenters. The predicted molar refractivity (Wildman–Crippen MR) is 289 cm³/mol. The molecule has 0 amide bonds. The van der Waals surface area contributed by atoms with E-state index in [2.05, 4.69) is 253 Å². The van der Waals surface area contributed by atoms with Crippen molar-refractivity contribution < 1.29 is 0 Å². The third kappa shape index (κ3) is 6.72. The van der Waals surface area contributed by atoms with Gasteiger partial charge in [-0.3, -0.25) is 0 Å². The third-order valence-electron chi connectivity index (χ3n) is 13.7. The summed E-state index contributed by atoms with van der Waals surface area (Å²) in [6, 6.07) is 78.1. The van der Waals surface area contributed by atoms with Gasteiger partial charge in [-0.15, -0.1) is 23.1 Å². The number of hydrogen-bond acceptors (Lipinski definition) is 4. The van der Waals surface area contributed by atoms with E-state index in [0.717, 1.165) is 46.1 Å². The molecular formula is C62H45N3S2. The molecular weight excluding hydrogens is 851 g/mol. The maximum Gasteiger partial charge on any atom is 0.0547 e. The van der Waals surface area contributed by atoms with E-state index >= 15 is 0 Å². The molecule has 13 rings (SSSR count). The topological polar surface area (TPSA) is 11.4 Å². The highest BCUT2D eigenvalue weighted by Crippen LogP contribution is 2.57. The van der Waals surface area contributed by atoms with Crippen LogP contribution < -0.4 is 9.80 Å². The number of allylic oxidation sites excluding steroid dienone is 3. The Labute approximate surface area is 399 Å². The minimum absolute atomic E-state index is 0.0317. The maximum absolute atomic E-state index is 2.50. The van der Waals surface area contributed by atoms with Crippen molar-refractivity contribution in [1.29, 1.82) is 0 Å². The second-order valence-electron chi connectivity index (χ2n) is 18.0. The molecule has 1 atom stereocenters. The number of aryl methyl sites for hydroxylation is 1. The lowest BCUT2D eigenvalue weighted by atomic mass is 9.86. The minimum atomic E-state index is 0.0317. The zero-order valence-corrected chi connectivity index (χ0v) is 38.9. The van der Waals surface area contributed by atoms with E-state index in [4.69, 9.17) is 0 Å². The number of aromatic nitrogens is 1. The Bertz CT molecular complexity index is 3760. The molecule has 9 aromatic carbocycles. The van der Waals surface area contributed by atoms with E-state index in [1.807, 2.05) is 23.1 Å². The number of para-hydroxylation sites is 3. The van der Waals surface area contributed by atoms with E-state index in [-0.39, 0.29) is 4.75 Å². The Morgan fingerprint density at radius 1 is 0.463 bits per heavy atom. The number of benzene rings is 9. The van der Waals surface area contributed by atoms with Gasteiger partial charge < -0.3 is 14.4 Å². The highest BCUT2D eigenvalue weighted by atomic mass is 32.2. The first-order chi connectivity index (χ1) is 33.0. The van der Waals surface area contributed by atoms with E-state index in [1.54, 1.807) is 0 Å². The van der Waals surface area contributed by atoms with Gasteiger partial charge in [0.05, 0.1) is 11.0 Å². The van der Waals surface area contributed by atoms with Crippen LogP contribution in [-0.2, 0) is 0 Å². The Morgan fingerprint density at radius 2 is 1.09 bits per heavy atom. The molecule has 11 aromatic rings. The Morgan fingerprint density at radius 3 is 1.90 bits per heavy atom. The van der Waals surface area contributed by atoms with Gasteiger partial charge in [0.2, 0.25) is 0 Å². The Hall–Kier alpha value is -7.57. The number of thioether (sulfide) groups is 1. The maximum atomic E-state index is 2.50. The highest BCUT2D eigenvalue weighted by molar-refractivity contribution is 8.01. The lowest BCUT2D eigenvalue weighted by molar-refractivity contribution is 0.826. The van der Waals surface area contributed by atoms with Crippen molar-refractivity contribution in [3.63, 3.8) is 0 Å². The van der Waals surface area contributed by atoms with Gasteiger partial charge in [0, 0.05) is 80.4 Å². The van der Waals surface area contributed by atoms with Gasteiger partial charge in [-0.2, -0.15) is 0 Å². The monoisotopic (exact) mass is 895 g/mol. The van der Waals surface area contributed by atoms with Gasteiger partial charge in [0.15, 0.2) is 0 Å². The lowest BCUT2D eigenvalue weighted by Gasteiger charge is -2.30. The van der Waals surface area contributed by atoms with Crippen LogP contribution in [0.2, 0.25) is 0 Å². The first-order valence-corrected chi connectivity index (χ1v) is 24.7. The van der Waals surface area contributed by atoms with E-state index in [1.165, 1.54) is 74.8 Å². The van der Waals surface area contributed by atoms with Crippen LogP contribution >= 0.6 is 23.1 Å². The van der Waals surface area contributed by atoms with Gasteiger partial charge in [-0.1, -0.05) is 121 Å². The van der Waals surface area contributed by atoms with E-state index in [9.17, 15) is 0 Å². The minimum Gasteiger partial charge on any atom is -0.310 e. The number of anilines is 6. The average Bonchev–Trinajstić information content (AvgIpc) is 4.01. The molecule has 2 aliphatic rings. The van der Waals surface area contributed by atoms with Crippen LogP contribution in [0.5, 0.6) is 0 Å². The molecule has 1 aliphatic heterocycles. The summed E-state index contributed by atoms with van der Waals surface area (Å²) in [5.74, 6) is 0. The number of nitrogens with zero attached hydrogens (tertiary/aromatic N) is 3.